The van der Waals surface area contributed by atoms with E-state index in [9.17, 15) is 14.4 Å². The number of ketones is 2. The number of hydrogen-bond donors (Lipinski definition) is 0. The fourth-order valence-electron chi connectivity index (χ4n) is 3.84. The number of benzene rings is 1. The number of esters is 1. The van der Waals surface area contributed by atoms with Crippen molar-refractivity contribution in [3.63, 3.8) is 0 Å². The molecule has 0 spiro atoms. The molecule has 0 heterocycles. The molecule has 0 aromatic heterocycles. The minimum atomic E-state index is -0.837. The highest BCUT2D eigenvalue weighted by atomic mass is 35.5. The lowest BCUT2D eigenvalue weighted by molar-refractivity contribution is -0.155. The van der Waals surface area contributed by atoms with Gasteiger partial charge in [-0.2, -0.15) is 0 Å². The first kappa shape index (κ1) is 17.2. The predicted molar refractivity (Wildman–Crippen MR) is 89.9 cm³/mol. The van der Waals surface area contributed by atoms with E-state index in [0.717, 1.165) is 19.3 Å². The van der Waals surface area contributed by atoms with Gasteiger partial charge in [-0.25, -0.2) is 0 Å². The van der Waals surface area contributed by atoms with Crippen molar-refractivity contribution in [3.8, 4) is 0 Å². The monoisotopic (exact) mass is 348 g/mol. The van der Waals surface area contributed by atoms with Crippen LogP contribution in [0.2, 0.25) is 5.02 Å². The molecule has 0 amide bonds. The van der Waals surface area contributed by atoms with E-state index in [-0.39, 0.29) is 29.5 Å². The van der Waals surface area contributed by atoms with E-state index < -0.39 is 6.10 Å². The van der Waals surface area contributed by atoms with Gasteiger partial charge in [0.25, 0.3) is 0 Å². The van der Waals surface area contributed by atoms with Crippen molar-refractivity contribution < 1.29 is 19.1 Å². The number of carbonyl (C=O) groups excluding carboxylic acids is 3. The minimum absolute atomic E-state index is 0.00248. The molecule has 24 heavy (non-hydrogen) atoms. The third kappa shape index (κ3) is 3.54. The lowest BCUT2D eigenvalue weighted by Crippen LogP contribution is -2.40. The molecule has 2 aliphatic rings. The molecule has 1 aromatic carbocycles. The summed E-state index contributed by atoms with van der Waals surface area (Å²) in [5.41, 5.74) is 0.468. The fourth-order valence-corrected chi connectivity index (χ4v) is 3.97. The summed E-state index contributed by atoms with van der Waals surface area (Å²) in [6, 6.07) is 6.52. The zero-order valence-electron chi connectivity index (χ0n) is 13.7. The first-order valence-electron chi connectivity index (χ1n) is 8.49. The maximum absolute atomic E-state index is 12.4. The SMILES string of the molecule is C[C@@H](OC(=O)C1C[C@H]2CCC[C@@H](C1)C2=O)C(=O)c1ccc(Cl)cc1. The molecular formula is C19H21ClO4. The second kappa shape index (κ2) is 7.06. The van der Waals surface area contributed by atoms with Gasteiger partial charge in [0.1, 0.15) is 5.78 Å². The van der Waals surface area contributed by atoms with Crippen LogP contribution in [0.25, 0.3) is 0 Å². The number of rotatable bonds is 4. The van der Waals surface area contributed by atoms with Crippen LogP contribution < -0.4 is 0 Å². The molecule has 0 aliphatic heterocycles. The van der Waals surface area contributed by atoms with E-state index >= 15 is 0 Å². The largest absolute Gasteiger partial charge is 0.454 e. The second-order valence-electron chi connectivity index (χ2n) is 6.85. The molecule has 1 aromatic rings. The molecule has 0 saturated heterocycles. The van der Waals surface area contributed by atoms with Crippen molar-refractivity contribution >= 4 is 29.1 Å². The molecule has 2 bridgehead atoms. The number of hydrogen-bond acceptors (Lipinski definition) is 4. The van der Waals surface area contributed by atoms with Gasteiger partial charge in [0, 0.05) is 22.4 Å². The summed E-state index contributed by atoms with van der Waals surface area (Å²) in [5, 5.41) is 0.551. The highest BCUT2D eigenvalue weighted by molar-refractivity contribution is 6.30. The highest BCUT2D eigenvalue weighted by Gasteiger charge is 2.42. The highest BCUT2D eigenvalue weighted by Crippen LogP contribution is 2.40. The van der Waals surface area contributed by atoms with Gasteiger partial charge in [-0.3, -0.25) is 14.4 Å². The molecule has 0 radical (unpaired) electrons. The van der Waals surface area contributed by atoms with Crippen molar-refractivity contribution in [3.05, 3.63) is 34.9 Å². The van der Waals surface area contributed by atoms with Crippen LogP contribution >= 0.6 is 11.6 Å². The third-order valence-corrected chi connectivity index (χ3v) is 5.42. The van der Waals surface area contributed by atoms with Gasteiger partial charge in [-0.15, -0.1) is 0 Å². The predicted octanol–water partition coefficient (Wildman–Crippen LogP) is 3.85. The van der Waals surface area contributed by atoms with Crippen LogP contribution in [0.4, 0.5) is 0 Å². The Bertz CT molecular complexity index is 636. The van der Waals surface area contributed by atoms with Crippen LogP contribution in [0.1, 0.15) is 49.4 Å². The third-order valence-electron chi connectivity index (χ3n) is 5.17. The Morgan fingerprint density at radius 2 is 1.71 bits per heavy atom. The summed E-state index contributed by atoms with van der Waals surface area (Å²) in [4.78, 5) is 36.9. The lowest BCUT2D eigenvalue weighted by Gasteiger charge is -2.36. The van der Waals surface area contributed by atoms with Crippen LogP contribution in [0.15, 0.2) is 24.3 Å². The zero-order chi connectivity index (χ0) is 17.3. The van der Waals surface area contributed by atoms with E-state index in [1.54, 1.807) is 31.2 Å². The van der Waals surface area contributed by atoms with Crippen molar-refractivity contribution in [1.82, 2.24) is 0 Å². The molecule has 0 N–H and O–H groups in total. The van der Waals surface area contributed by atoms with Gasteiger partial charge in [-0.1, -0.05) is 18.0 Å². The Kier molecular flexibility index (Phi) is 5.04. The van der Waals surface area contributed by atoms with Crippen molar-refractivity contribution in [2.75, 3.05) is 0 Å². The Labute approximate surface area is 146 Å². The molecule has 2 aliphatic carbocycles. The number of Topliss-reactive ketones (excluding diaryl/α,β-unsaturated/α-hetero) is 2. The maximum atomic E-state index is 12.4. The Morgan fingerprint density at radius 1 is 1.12 bits per heavy atom. The maximum Gasteiger partial charge on any atom is 0.309 e. The first-order valence-corrected chi connectivity index (χ1v) is 8.87. The van der Waals surface area contributed by atoms with Crippen molar-refractivity contribution in [2.45, 2.75) is 45.1 Å². The van der Waals surface area contributed by atoms with Crippen LogP contribution in [-0.2, 0) is 14.3 Å². The van der Waals surface area contributed by atoms with E-state index in [0.29, 0.717) is 29.2 Å². The quantitative estimate of drug-likeness (QED) is 0.612. The molecule has 128 valence electrons. The number of carbonyl (C=O) groups is 3. The Morgan fingerprint density at radius 3 is 2.29 bits per heavy atom. The van der Waals surface area contributed by atoms with E-state index in [1.807, 2.05) is 0 Å². The first-order chi connectivity index (χ1) is 11.5. The van der Waals surface area contributed by atoms with Crippen molar-refractivity contribution in [2.24, 2.45) is 17.8 Å². The number of ether oxygens (including phenoxy) is 1. The van der Waals surface area contributed by atoms with Gasteiger partial charge >= 0.3 is 5.97 Å². The fraction of sp³-hybridized carbons (Fsp3) is 0.526. The molecule has 3 rings (SSSR count). The van der Waals surface area contributed by atoms with Crippen LogP contribution in [0, 0.1) is 17.8 Å². The average molecular weight is 349 g/mol. The summed E-state index contributed by atoms with van der Waals surface area (Å²) in [6.45, 7) is 1.59. The lowest BCUT2D eigenvalue weighted by atomic mass is 9.67. The summed E-state index contributed by atoms with van der Waals surface area (Å²) < 4.78 is 5.40. The van der Waals surface area contributed by atoms with Gasteiger partial charge < -0.3 is 4.74 Å². The number of fused-ring (bicyclic) bond motifs is 2. The molecule has 1 unspecified atom stereocenters. The van der Waals surface area contributed by atoms with Gasteiger partial charge in [-0.05, 0) is 56.9 Å². The number of halogens is 1. The molecule has 5 heteroatoms. The standard InChI is InChI=1S/C19H21ClO4/c1-11(17(21)12-5-7-16(20)8-6-12)24-19(23)15-9-13-3-2-4-14(10-15)18(13)22/h5-8,11,13-15H,2-4,9-10H2,1H3/t11-,13-,14+,15?/m1/s1. The molecule has 2 saturated carbocycles. The topological polar surface area (TPSA) is 60.4 Å². The summed E-state index contributed by atoms with van der Waals surface area (Å²) >= 11 is 5.82. The van der Waals surface area contributed by atoms with Crippen LogP contribution in [-0.4, -0.2) is 23.6 Å². The molecule has 4 nitrogen and oxygen atoms in total. The molecular weight excluding hydrogens is 328 g/mol. The zero-order valence-corrected chi connectivity index (χ0v) is 14.4. The summed E-state index contributed by atoms with van der Waals surface area (Å²) in [5.74, 6) is -0.551. The van der Waals surface area contributed by atoms with Gasteiger partial charge in [0.2, 0.25) is 5.78 Å². The van der Waals surface area contributed by atoms with E-state index in [4.69, 9.17) is 16.3 Å². The Balaban J connectivity index is 1.61. The van der Waals surface area contributed by atoms with Gasteiger partial charge in [0.05, 0.1) is 5.92 Å². The van der Waals surface area contributed by atoms with Gasteiger partial charge in [0.15, 0.2) is 6.10 Å². The average Bonchev–Trinajstić information content (AvgIpc) is 2.54. The second-order valence-corrected chi connectivity index (χ2v) is 7.28. The summed E-state index contributed by atoms with van der Waals surface area (Å²) in [7, 11) is 0. The smallest absolute Gasteiger partial charge is 0.309 e. The van der Waals surface area contributed by atoms with E-state index in [1.165, 1.54) is 0 Å². The Hall–Kier alpha value is -1.68. The normalized spacial score (nSPS) is 27.4. The minimum Gasteiger partial charge on any atom is -0.454 e. The molecule has 2 fully saturated rings. The molecule has 4 atom stereocenters. The van der Waals surface area contributed by atoms with E-state index in [2.05, 4.69) is 0 Å². The van der Waals surface area contributed by atoms with Crippen LogP contribution in [0.3, 0.4) is 0 Å². The summed E-state index contributed by atoms with van der Waals surface area (Å²) in [6.07, 6.45) is 3.10. The van der Waals surface area contributed by atoms with Crippen LogP contribution in [0.5, 0.6) is 0 Å². The van der Waals surface area contributed by atoms with Crippen molar-refractivity contribution in [1.29, 1.82) is 0 Å².